The van der Waals surface area contributed by atoms with Gasteiger partial charge >= 0.3 is 0 Å². The largest absolute Gasteiger partial charge is 0.325 e. The molecule has 0 saturated carbocycles. The van der Waals surface area contributed by atoms with Gasteiger partial charge in [-0.25, -0.2) is 8.42 Å². The van der Waals surface area contributed by atoms with E-state index in [-0.39, 0.29) is 10.8 Å². The van der Waals surface area contributed by atoms with E-state index in [0.29, 0.717) is 43.1 Å². The summed E-state index contributed by atoms with van der Waals surface area (Å²) in [5, 5.41) is 6.36. The number of hydrogen-bond acceptors (Lipinski definition) is 6. The molecule has 2 heterocycles. The second kappa shape index (κ2) is 9.69. The molecule has 2 aliphatic heterocycles. The lowest BCUT2D eigenvalue weighted by atomic mass is 10.0. The van der Waals surface area contributed by atoms with E-state index >= 15 is 0 Å². The number of nitrogens with zero attached hydrogens (tertiary/aromatic N) is 2. The SMILES string of the molecule is CC(C)NC1CCN(CC(=O)Nc2cccc(S(=O)(=O)NC3=NCCC3)c2)CC1. The van der Waals surface area contributed by atoms with Crippen LogP contribution in [0.1, 0.15) is 39.5 Å². The van der Waals surface area contributed by atoms with Crippen molar-refractivity contribution >= 4 is 27.5 Å². The average Bonchev–Trinajstić information content (AvgIpc) is 3.15. The number of amides is 1. The van der Waals surface area contributed by atoms with Crippen molar-refractivity contribution < 1.29 is 13.2 Å². The van der Waals surface area contributed by atoms with Crippen molar-refractivity contribution in [3.05, 3.63) is 24.3 Å². The monoisotopic (exact) mass is 421 g/mol. The number of piperidine rings is 1. The van der Waals surface area contributed by atoms with E-state index in [1.54, 1.807) is 12.1 Å². The number of benzene rings is 1. The number of sulfonamides is 1. The smallest absolute Gasteiger partial charge is 0.262 e. The van der Waals surface area contributed by atoms with Crippen molar-refractivity contribution in [2.45, 2.75) is 56.5 Å². The minimum Gasteiger partial charge on any atom is -0.325 e. The first kappa shape index (κ1) is 21.7. The van der Waals surface area contributed by atoms with E-state index in [1.807, 2.05) is 0 Å². The Hall–Kier alpha value is -1.97. The Bertz CT molecular complexity index is 845. The number of rotatable bonds is 7. The molecule has 0 radical (unpaired) electrons. The predicted molar refractivity (Wildman–Crippen MR) is 115 cm³/mol. The van der Waals surface area contributed by atoms with Gasteiger partial charge in [0.1, 0.15) is 5.84 Å². The third-order valence-electron chi connectivity index (χ3n) is 5.08. The first-order valence-electron chi connectivity index (χ1n) is 10.3. The molecule has 0 unspecified atom stereocenters. The highest BCUT2D eigenvalue weighted by molar-refractivity contribution is 7.90. The molecule has 29 heavy (non-hydrogen) atoms. The Balaban J connectivity index is 1.53. The van der Waals surface area contributed by atoms with Gasteiger partial charge in [0.05, 0.1) is 11.4 Å². The number of carbonyl (C=O) groups is 1. The van der Waals surface area contributed by atoms with Crippen molar-refractivity contribution in [2.24, 2.45) is 4.99 Å². The molecule has 3 N–H and O–H groups in total. The number of nitrogens with one attached hydrogen (secondary N) is 3. The van der Waals surface area contributed by atoms with Gasteiger partial charge in [0.15, 0.2) is 0 Å². The fraction of sp³-hybridized carbons (Fsp3) is 0.600. The van der Waals surface area contributed by atoms with E-state index < -0.39 is 10.0 Å². The van der Waals surface area contributed by atoms with E-state index in [2.05, 4.69) is 39.1 Å². The maximum atomic E-state index is 12.5. The molecule has 0 aliphatic carbocycles. The van der Waals surface area contributed by atoms with Gasteiger partial charge in [-0.15, -0.1) is 0 Å². The van der Waals surface area contributed by atoms with Gasteiger partial charge in [-0.1, -0.05) is 19.9 Å². The second-order valence-electron chi connectivity index (χ2n) is 7.99. The van der Waals surface area contributed by atoms with Crippen LogP contribution in [0, 0.1) is 0 Å². The highest BCUT2D eigenvalue weighted by Gasteiger charge is 2.22. The molecule has 1 saturated heterocycles. The van der Waals surface area contributed by atoms with Gasteiger partial charge in [-0.3, -0.25) is 19.4 Å². The molecule has 3 rings (SSSR count). The lowest BCUT2D eigenvalue weighted by Crippen LogP contribution is -2.46. The summed E-state index contributed by atoms with van der Waals surface area (Å²) in [6.45, 7) is 6.99. The summed E-state index contributed by atoms with van der Waals surface area (Å²) < 4.78 is 27.6. The molecule has 8 nitrogen and oxygen atoms in total. The third-order valence-corrected chi connectivity index (χ3v) is 6.46. The predicted octanol–water partition coefficient (Wildman–Crippen LogP) is 1.56. The van der Waals surface area contributed by atoms with Gasteiger partial charge in [0.25, 0.3) is 10.0 Å². The van der Waals surface area contributed by atoms with E-state index in [0.717, 1.165) is 32.4 Å². The van der Waals surface area contributed by atoms with Crippen LogP contribution in [-0.2, 0) is 14.8 Å². The standard InChI is InChI=1S/C20H31N5O3S/c1-15(2)22-16-8-11-25(12-9-16)14-20(26)23-17-5-3-6-18(13-17)29(27,28)24-19-7-4-10-21-19/h3,5-6,13,15-16,22H,4,7-12,14H2,1-2H3,(H,21,24)(H,23,26). The zero-order chi connectivity index (χ0) is 20.9. The van der Waals surface area contributed by atoms with Crippen LogP contribution in [0.3, 0.4) is 0 Å². The Kier molecular flexibility index (Phi) is 7.26. The number of anilines is 1. The minimum atomic E-state index is -3.69. The average molecular weight is 422 g/mol. The molecule has 0 spiro atoms. The maximum Gasteiger partial charge on any atom is 0.262 e. The van der Waals surface area contributed by atoms with Crippen LogP contribution in [0.4, 0.5) is 5.69 Å². The lowest BCUT2D eigenvalue weighted by Gasteiger charge is -2.32. The molecular weight excluding hydrogens is 390 g/mol. The van der Waals surface area contributed by atoms with E-state index in [1.165, 1.54) is 12.1 Å². The molecule has 1 fully saturated rings. The van der Waals surface area contributed by atoms with E-state index in [4.69, 9.17) is 0 Å². The van der Waals surface area contributed by atoms with Crippen molar-refractivity contribution in [3.8, 4) is 0 Å². The minimum absolute atomic E-state index is 0.116. The van der Waals surface area contributed by atoms with Crippen LogP contribution in [0.25, 0.3) is 0 Å². The fourth-order valence-electron chi connectivity index (χ4n) is 3.71. The normalized spacial score (nSPS) is 18.7. The highest BCUT2D eigenvalue weighted by Crippen LogP contribution is 2.17. The van der Waals surface area contributed by atoms with Gasteiger partial charge in [-0.2, -0.15) is 0 Å². The Morgan fingerprint density at radius 3 is 2.69 bits per heavy atom. The molecule has 0 bridgehead atoms. The molecule has 0 aromatic heterocycles. The number of carbonyl (C=O) groups excluding carboxylic acids is 1. The molecule has 0 atom stereocenters. The summed E-state index contributed by atoms with van der Waals surface area (Å²) in [5.74, 6) is 0.359. The van der Waals surface area contributed by atoms with Crippen molar-refractivity contribution in [2.75, 3.05) is 31.5 Å². The highest BCUT2D eigenvalue weighted by atomic mass is 32.2. The number of likely N-dealkylation sites (tertiary alicyclic amines) is 1. The van der Waals surface area contributed by atoms with Gasteiger partial charge in [0.2, 0.25) is 5.91 Å². The molecule has 9 heteroatoms. The Morgan fingerprint density at radius 2 is 2.03 bits per heavy atom. The number of aliphatic imine (C=N–C) groups is 1. The summed E-state index contributed by atoms with van der Waals surface area (Å²) in [4.78, 5) is 18.8. The number of amidine groups is 1. The number of hydrogen-bond donors (Lipinski definition) is 3. The molecular formula is C20H31N5O3S. The molecule has 1 amide bonds. The van der Waals surface area contributed by atoms with Crippen LogP contribution in [0.15, 0.2) is 34.2 Å². The maximum absolute atomic E-state index is 12.5. The molecule has 1 aromatic rings. The van der Waals surface area contributed by atoms with Crippen LogP contribution in [-0.4, -0.2) is 63.3 Å². The first-order chi connectivity index (χ1) is 13.8. The lowest BCUT2D eigenvalue weighted by molar-refractivity contribution is -0.117. The molecule has 160 valence electrons. The summed E-state index contributed by atoms with van der Waals surface area (Å²) in [6, 6.07) is 7.29. The van der Waals surface area contributed by atoms with E-state index in [9.17, 15) is 13.2 Å². The first-order valence-corrected chi connectivity index (χ1v) is 11.7. The third kappa shape index (κ3) is 6.52. The van der Waals surface area contributed by atoms with Gasteiger partial charge < -0.3 is 10.6 Å². The molecule has 1 aromatic carbocycles. The summed E-state index contributed by atoms with van der Waals surface area (Å²) in [6.07, 6.45) is 3.54. The second-order valence-corrected chi connectivity index (χ2v) is 9.67. The Labute approximate surface area is 173 Å². The van der Waals surface area contributed by atoms with Gasteiger partial charge in [0, 0.05) is 43.8 Å². The molecule has 2 aliphatic rings. The van der Waals surface area contributed by atoms with Gasteiger partial charge in [-0.05, 0) is 37.5 Å². The fourth-order valence-corrected chi connectivity index (χ4v) is 4.85. The van der Waals surface area contributed by atoms with Crippen molar-refractivity contribution in [3.63, 3.8) is 0 Å². The van der Waals surface area contributed by atoms with Crippen LogP contribution < -0.4 is 15.4 Å². The summed E-state index contributed by atoms with van der Waals surface area (Å²) in [5.41, 5.74) is 0.475. The quantitative estimate of drug-likeness (QED) is 0.620. The van der Waals surface area contributed by atoms with Crippen LogP contribution in [0.2, 0.25) is 0 Å². The van der Waals surface area contributed by atoms with Crippen LogP contribution >= 0.6 is 0 Å². The Morgan fingerprint density at radius 1 is 1.28 bits per heavy atom. The van der Waals surface area contributed by atoms with Crippen molar-refractivity contribution in [1.82, 2.24) is 14.9 Å². The summed E-state index contributed by atoms with van der Waals surface area (Å²) in [7, 11) is -3.69. The zero-order valence-electron chi connectivity index (χ0n) is 17.1. The summed E-state index contributed by atoms with van der Waals surface area (Å²) >= 11 is 0. The topological polar surface area (TPSA) is 103 Å². The zero-order valence-corrected chi connectivity index (χ0v) is 18.0. The van der Waals surface area contributed by atoms with Crippen molar-refractivity contribution in [1.29, 1.82) is 0 Å². The van der Waals surface area contributed by atoms with Crippen LogP contribution in [0.5, 0.6) is 0 Å².